The molecule has 0 N–H and O–H groups in total. The maximum atomic E-state index is 9.55. The highest BCUT2D eigenvalue weighted by atomic mass is 32.2. The average Bonchev–Trinajstić information content (AvgIpc) is 3.22. The van der Waals surface area contributed by atoms with Gasteiger partial charge in [0, 0.05) is 16.6 Å². The van der Waals surface area contributed by atoms with E-state index >= 15 is 0 Å². The number of pyridine rings is 1. The van der Waals surface area contributed by atoms with Crippen LogP contribution < -0.4 is 0 Å². The van der Waals surface area contributed by atoms with Crippen LogP contribution in [0, 0.1) is 29.6 Å². The number of nitrogens with zero attached hydrogens (tertiary/aromatic N) is 4. The molecular weight excluding hydrogens is 396 g/mol. The van der Waals surface area contributed by atoms with Gasteiger partial charge in [0.1, 0.15) is 22.2 Å². The summed E-state index contributed by atoms with van der Waals surface area (Å²) in [5, 5.41) is 22.3. The van der Waals surface area contributed by atoms with Crippen LogP contribution in [0.2, 0.25) is 0 Å². The Bertz CT molecular complexity index is 1150. The smallest absolute Gasteiger partial charge is 0.134 e. The quantitative estimate of drug-likeness (QED) is 0.276. The maximum absolute atomic E-state index is 9.55. The first kappa shape index (κ1) is 20.5. The Kier molecular flexibility index (Phi) is 6.97. The predicted molar refractivity (Wildman–Crippen MR) is 120 cm³/mol. The standard InChI is InChI=1S/C23H18N4S2/c1-3-28-23-19(14-25)12-20(16(2)26-23)21-15-29-22(27-21)18(13-24)11-7-10-17-8-5-4-6-9-17/h4-12,15H,3H2,1-2H3/b10-7+,18-11+. The van der Waals surface area contributed by atoms with E-state index in [1.54, 1.807) is 17.8 Å². The molecule has 142 valence electrons. The van der Waals surface area contributed by atoms with Crippen LogP contribution in [-0.2, 0) is 0 Å². The molecule has 0 bridgehead atoms. The molecule has 0 aliphatic rings. The van der Waals surface area contributed by atoms with E-state index in [1.807, 2.05) is 67.8 Å². The molecule has 0 unspecified atom stereocenters. The minimum Gasteiger partial charge on any atom is -0.245 e. The highest BCUT2D eigenvalue weighted by molar-refractivity contribution is 7.99. The Balaban J connectivity index is 1.90. The van der Waals surface area contributed by atoms with Gasteiger partial charge in [0.15, 0.2) is 0 Å². The van der Waals surface area contributed by atoms with Crippen molar-refractivity contribution in [1.29, 1.82) is 10.5 Å². The molecule has 6 heteroatoms. The third-order valence-corrected chi connectivity index (χ3v) is 5.81. The number of thiazole rings is 1. The molecule has 3 aromatic rings. The van der Waals surface area contributed by atoms with Crippen LogP contribution in [0.4, 0.5) is 0 Å². The summed E-state index contributed by atoms with van der Waals surface area (Å²) >= 11 is 2.96. The highest BCUT2D eigenvalue weighted by Crippen LogP contribution is 2.31. The van der Waals surface area contributed by atoms with Gasteiger partial charge < -0.3 is 0 Å². The van der Waals surface area contributed by atoms with E-state index in [1.165, 1.54) is 11.3 Å². The third kappa shape index (κ3) is 5.00. The zero-order valence-electron chi connectivity index (χ0n) is 16.1. The number of hydrogen-bond donors (Lipinski definition) is 0. The van der Waals surface area contributed by atoms with E-state index in [-0.39, 0.29) is 0 Å². The van der Waals surface area contributed by atoms with Gasteiger partial charge in [-0.3, -0.25) is 0 Å². The average molecular weight is 415 g/mol. The molecule has 4 nitrogen and oxygen atoms in total. The first-order valence-corrected chi connectivity index (χ1v) is 10.9. The minimum absolute atomic E-state index is 0.498. The fraction of sp³-hybridized carbons (Fsp3) is 0.130. The van der Waals surface area contributed by atoms with E-state index in [0.717, 1.165) is 33.3 Å². The molecule has 0 fully saturated rings. The number of allylic oxidation sites excluding steroid dienone is 3. The number of nitriles is 2. The largest absolute Gasteiger partial charge is 0.245 e. The summed E-state index contributed by atoms with van der Waals surface area (Å²) in [6, 6.07) is 16.2. The van der Waals surface area contributed by atoms with Gasteiger partial charge in [-0.15, -0.1) is 23.1 Å². The molecule has 0 radical (unpaired) electrons. The fourth-order valence-electron chi connectivity index (χ4n) is 2.67. The summed E-state index contributed by atoms with van der Waals surface area (Å²) in [6.07, 6.45) is 5.57. The number of aromatic nitrogens is 2. The van der Waals surface area contributed by atoms with E-state index in [4.69, 9.17) is 0 Å². The predicted octanol–water partition coefficient (Wildman–Crippen LogP) is 6.12. The van der Waals surface area contributed by atoms with Crippen molar-refractivity contribution in [3.8, 4) is 23.4 Å². The molecule has 0 amide bonds. The van der Waals surface area contributed by atoms with Gasteiger partial charge in [-0.25, -0.2) is 9.97 Å². The second kappa shape index (κ2) is 9.84. The summed E-state index contributed by atoms with van der Waals surface area (Å²) in [5.74, 6) is 0.855. The first-order chi connectivity index (χ1) is 14.2. The molecule has 0 spiro atoms. The normalized spacial score (nSPS) is 11.4. The lowest BCUT2D eigenvalue weighted by atomic mass is 10.1. The van der Waals surface area contributed by atoms with Crippen LogP contribution in [-0.4, -0.2) is 15.7 Å². The van der Waals surface area contributed by atoms with Crippen molar-refractivity contribution in [2.24, 2.45) is 0 Å². The van der Waals surface area contributed by atoms with Crippen molar-refractivity contribution in [2.45, 2.75) is 18.9 Å². The van der Waals surface area contributed by atoms with Gasteiger partial charge in [-0.1, -0.05) is 49.4 Å². The highest BCUT2D eigenvalue weighted by Gasteiger charge is 2.14. The van der Waals surface area contributed by atoms with Crippen molar-refractivity contribution in [3.63, 3.8) is 0 Å². The lowest BCUT2D eigenvalue weighted by Gasteiger charge is -2.07. The number of thioether (sulfide) groups is 1. The SMILES string of the molecule is CCSc1nc(C)c(-c2csc(/C(C#N)=C/C=C/c3ccccc3)n2)cc1C#N. The van der Waals surface area contributed by atoms with Crippen molar-refractivity contribution in [2.75, 3.05) is 5.75 Å². The molecule has 0 aliphatic carbocycles. The van der Waals surface area contributed by atoms with Crippen molar-refractivity contribution in [3.05, 3.63) is 75.8 Å². The van der Waals surface area contributed by atoms with Gasteiger partial charge >= 0.3 is 0 Å². The first-order valence-electron chi connectivity index (χ1n) is 9.00. The zero-order valence-corrected chi connectivity index (χ0v) is 17.7. The molecule has 1 aromatic carbocycles. The molecule has 0 aliphatic heterocycles. The molecule has 2 heterocycles. The second-order valence-corrected chi connectivity index (χ2v) is 8.13. The van der Waals surface area contributed by atoms with Crippen molar-refractivity contribution < 1.29 is 0 Å². The Hall–Kier alpha value is -3.19. The Morgan fingerprint density at radius 2 is 2.00 bits per heavy atom. The zero-order chi connectivity index (χ0) is 20.6. The summed E-state index contributed by atoms with van der Waals surface area (Å²) in [7, 11) is 0. The van der Waals surface area contributed by atoms with Crippen LogP contribution in [0.15, 0.2) is 59.0 Å². The number of aryl methyl sites for hydroxylation is 1. The lowest BCUT2D eigenvalue weighted by molar-refractivity contribution is 1.05. The summed E-state index contributed by atoms with van der Waals surface area (Å²) in [4.78, 5) is 9.21. The Morgan fingerprint density at radius 1 is 1.21 bits per heavy atom. The second-order valence-electron chi connectivity index (χ2n) is 6.02. The van der Waals surface area contributed by atoms with Crippen LogP contribution in [0.5, 0.6) is 0 Å². The van der Waals surface area contributed by atoms with Crippen LogP contribution in [0.3, 0.4) is 0 Å². The molecular formula is C23H18N4S2. The molecule has 3 rings (SSSR count). The number of benzene rings is 1. The topological polar surface area (TPSA) is 73.4 Å². The lowest BCUT2D eigenvalue weighted by Crippen LogP contribution is -1.95. The fourth-order valence-corrected chi connectivity index (χ4v) is 4.20. The van der Waals surface area contributed by atoms with Gasteiger partial charge in [-0.05, 0) is 30.4 Å². The minimum atomic E-state index is 0.498. The van der Waals surface area contributed by atoms with E-state index in [0.29, 0.717) is 16.1 Å². The summed E-state index contributed by atoms with van der Waals surface area (Å²) in [5.41, 5.74) is 4.49. The maximum Gasteiger partial charge on any atom is 0.134 e. The van der Waals surface area contributed by atoms with E-state index in [9.17, 15) is 10.5 Å². The van der Waals surface area contributed by atoms with Crippen molar-refractivity contribution >= 4 is 34.7 Å². The van der Waals surface area contributed by atoms with Gasteiger partial charge in [0.2, 0.25) is 0 Å². The van der Waals surface area contributed by atoms with Gasteiger partial charge in [-0.2, -0.15) is 10.5 Å². The summed E-state index contributed by atoms with van der Waals surface area (Å²) in [6.45, 7) is 3.95. The van der Waals surface area contributed by atoms with Crippen LogP contribution in [0.1, 0.15) is 28.8 Å². The van der Waals surface area contributed by atoms with Gasteiger partial charge in [0.05, 0.1) is 16.8 Å². The molecule has 0 saturated carbocycles. The van der Waals surface area contributed by atoms with Crippen LogP contribution in [0.25, 0.3) is 22.9 Å². The van der Waals surface area contributed by atoms with Gasteiger partial charge in [0.25, 0.3) is 0 Å². The van der Waals surface area contributed by atoms with Crippen molar-refractivity contribution in [1.82, 2.24) is 9.97 Å². The summed E-state index contributed by atoms with van der Waals surface area (Å²) < 4.78 is 0. The molecule has 2 aromatic heterocycles. The number of hydrogen-bond acceptors (Lipinski definition) is 6. The van der Waals surface area contributed by atoms with E-state index < -0.39 is 0 Å². The van der Waals surface area contributed by atoms with Crippen LogP contribution >= 0.6 is 23.1 Å². The van der Waals surface area contributed by atoms with E-state index in [2.05, 4.69) is 22.1 Å². The number of rotatable bonds is 6. The molecule has 0 saturated heterocycles. The molecule has 29 heavy (non-hydrogen) atoms. The molecule has 0 atom stereocenters. The Morgan fingerprint density at radius 3 is 2.69 bits per heavy atom. The third-order valence-electron chi connectivity index (χ3n) is 4.06. The Labute approximate surface area is 178 Å². The monoisotopic (exact) mass is 414 g/mol.